The molecule has 0 rings (SSSR count). The summed E-state index contributed by atoms with van der Waals surface area (Å²) in [4.78, 5) is 44.0. The fourth-order valence-corrected chi connectivity index (χ4v) is 1.51. The van der Waals surface area contributed by atoms with Crippen LogP contribution in [-0.2, 0) is 23.9 Å². The van der Waals surface area contributed by atoms with Gasteiger partial charge >= 0.3 is 23.9 Å². The van der Waals surface area contributed by atoms with Gasteiger partial charge in [0.05, 0.1) is 0 Å². The van der Waals surface area contributed by atoms with E-state index in [0.29, 0.717) is 0 Å². The molecule has 18 heavy (non-hydrogen) atoms. The molecule has 1 atom stereocenters. The molecule has 0 heterocycles. The topological polar surface area (TPSA) is 138 Å². The van der Waals surface area contributed by atoms with E-state index in [0.717, 1.165) is 6.92 Å². The van der Waals surface area contributed by atoms with Crippen LogP contribution in [0.2, 0.25) is 0 Å². The maximum Gasteiger partial charge on any atom is 0.336 e. The van der Waals surface area contributed by atoms with Crippen molar-refractivity contribution in [1.82, 2.24) is 0 Å². The molecule has 0 aromatic heterocycles. The fourth-order valence-electron chi connectivity index (χ4n) is 1.51. The first-order chi connectivity index (χ1) is 8.21. The maximum atomic E-state index is 11.0. The fraction of sp³-hybridized carbons (Fsp3) is 0.600. The summed E-state index contributed by atoms with van der Waals surface area (Å²) in [7, 11) is 0. The third-order valence-corrected chi connectivity index (χ3v) is 2.35. The number of ether oxygens (including phenoxy) is 1. The summed E-state index contributed by atoms with van der Waals surface area (Å²) in [6.07, 6.45) is -1.70. The van der Waals surface area contributed by atoms with E-state index in [4.69, 9.17) is 15.3 Å². The molecule has 8 heteroatoms. The van der Waals surface area contributed by atoms with Gasteiger partial charge in [-0.3, -0.25) is 19.2 Å². The Labute approximate surface area is 102 Å². The Kier molecular flexibility index (Phi) is 5.28. The van der Waals surface area contributed by atoms with Crippen LogP contribution in [0.3, 0.4) is 0 Å². The van der Waals surface area contributed by atoms with Crippen molar-refractivity contribution in [3.05, 3.63) is 0 Å². The Balaban J connectivity index is 5.75. The molecule has 1 unspecified atom stereocenters. The SMILES string of the molecule is CCCC(OC(C)=O)C(C(=O)O)(C(=O)O)C(=O)O. The van der Waals surface area contributed by atoms with E-state index in [1.54, 1.807) is 6.92 Å². The van der Waals surface area contributed by atoms with Crippen LogP contribution in [0.5, 0.6) is 0 Å². The predicted molar refractivity (Wildman–Crippen MR) is 55.8 cm³/mol. The van der Waals surface area contributed by atoms with Crippen molar-refractivity contribution in [2.75, 3.05) is 0 Å². The Bertz CT molecular complexity index is 336. The zero-order valence-electron chi connectivity index (χ0n) is 9.87. The Morgan fingerprint density at radius 3 is 1.67 bits per heavy atom. The van der Waals surface area contributed by atoms with Crippen LogP contribution < -0.4 is 0 Å². The van der Waals surface area contributed by atoms with Crippen LogP contribution in [0.4, 0.5) is 0 Å². The maximum absolute atomic E-state index is 11.0. The molecular formula is C10H14O8. The van der Waals surface area contributed by atoms with Gasteiger partial charge in [-0.2, -0.15) is 0 Å². The number of hydrogen-bond acceptors (Lipinski definition) is 5. The first kappa shape index (κ1) is 15.9. The Morgan fingerprint density at radius 2 is 1.44 bits per heavy atom. The lowest BCUT2D eigenvalue weighted by molar-refractivity contribution is -0.189. The minimum absolute atomic E-state index is 0.190. The summed E-state index contributed by atoms with van der Waals surface area (Å²) in [5, 5.41) is 26.8. The summed E-state index contributed by atoms with van der Waals surface area (Å²) in [5.41, 5.74) is -3.19. The highest BCUT2D eigenvalue weighted by molar-refractivity contribution is 6.17. The lowest BCUT2D eigenvalue weighted by Crippen LogP contribution is -2.56. The highest BCUT2D eigenvalue weighted by Gasteiger charge is 2.62. The number of carbonyl (C=O) groups is 4. The molecule has 0 aromatic carbocycles. The van der Waals surface area contributed by atoms with Crippen molar-refractivity contribution in [2.45, 2.75) is 32.8 Å². The summed E-state index contributed by atoms with van der Waals surface area (Å²) in [6, 6.07) is 0. The van der Waals surface area contributed by atoms with Gasteiger partial charge in [-0.05, 0) is 6.42 Å². The number of carboxylic acid groups (broad SMARTS) is 3. The number of carboxylic acids is 3. The second-order valence-electron chi connectivity index (χ2n) is 3.61. The van der Waals surface area contributed by atoms with E-state index in [1.165, 1.54) is 0 Å². The molecule has 0 saturated carbocycles. The standard InChI is InChI=1S/C10H14O8/c1-3-4-6(18-5(2)11)10(7(12)13,8(14)15)9(16)17/h6H,3-4H2,1-2H3,(H,12,13)(H,14,15)(H,16,17). The monoisotopic (exact) mass is 262 g/mol. The molecule has 102 valence electrons. The lowest BCUT2D eigenvalue weighted by Gasteiger charge is -2.28. The summed E-state index contributed by atoms with van der Waals surface area (Å²) in [5.74, 6) is -7.19. The van der Waals surface area contributed by atoms with Gasteiger partial charge in [-0.25, -0.2) is 0 Å². The van der Waals surface area contributed by atoms with Crippen molar-refractivity contribution in [3.8, 4) is 0 Å². The van der Waals surface area contributed by atoms with Crippen LogP contribution in [0.1, 0.15) is 26.7 Å². The number of esters is 1. The molecule has 0 bridgehead atoms. The normalized spacial score (nSPS) is 12.6. The number of carbonyl (C=O) groups excluding carboxylic acids is 1. The highest BCUT2D eigenvalue weighted by Crippen LogP contribution is 2.30. The van der Waals surface area contributed by atoms with Crippen molar-refractivity contribution >= 4 is 23.9 Å². The molecule has 0 amide bonds. The van der Waals surface area contributed by atoms with Gasteiger partial charge in [0, 0.05) is 6.92 Å². The van der Waals surface area contributed by atoms with Crippen molar-refractivity contribution in [2.24, 2.45) is 5.41 Å². The van der Waals surface area contributed by atoms with E-state index >= 15 is 0 Å². The van der Waals surface area contributed by atoms with E-state index in [2.05, 4.69) is 4.74 Å². The first-order valence-corrected chi connectivity index (χ1v) is 5.08. The van der Waals surface area contributed by atoms with Gasteiger partial charge in [0.25, 0.3) is 5.41 Å². The molecule has 8 nitrogen and oxygen atoms in total. The predicted octanol–water partition coefficient (Wildman–Crippen LogP) is -0.0416. The highest BCUT2D eigenvalue weighted by atomic mass is 16.5. The zero-order valence-corrected chi connectivity index (χ0v) is 9.87. The van der Waals surface area contributed by atoms with Gasteiger partial charge in [-0.15, -0.1) is 0 Å². The van der Waals surface area contributed by atoms with Crippen molar-refractivity contribution in [1.29, 1.82) is 0 Å². The van der Waals surface area contributed by atoms with E-state index < -0.39 is 35.4 Å². The molecule has 0 fully saturated rings. The molecule has 0 aliphatic carbocycles. The largest absolute Gasteiger partial charge is 0.480 e. The van der Waals surface area contributed by atoms with Crippen LogP contribution in [0.15, 0.2) is 0 Å². The zero-order chi connectivity index (χ0) is 14.5. The van der Waals surface area contributed by atoms with E-state index in [1.807, 2.05) is 0 Å². The van der Waals surface area contributed by atoms with Gasteiger partial charge < -0.3 is 20.1 Å². The molecule has 0 radical (unpaired) electrons. The van der Waals surface area contributed by atoms with Crippen molar-refractivity contribution < 1.29 is 39.2 Å². The molecule has 0 aliphatic heterocycles. The van der Waals surface area contributed by atoms with Crippen LogP contribution in [0.25, 0.3) is 0 Å². The molecule has 0 aromatic rings. The third kappa shape index (κ3) is 2.76. The lowest BCUT2D eigenvalue weighted by atomic mass is 9.80. The molecule has 0 spiro atoms. The smallest absolute Gasteiger partial charge is 0.336 e. The average Bonchev–Trinajstić information content (AvgIpc) is 2.15. The van der Waals surface area contributed by atoms with Gasteiger partial charge in [0.15, 0.2) is 0 Å². The number of rotatable bonds is 7. The number of aliphatic carboxylic acids is 3. The molecule has 0 aliphatic rings. The Morgan fingerprint density at radius 1 is 1.06 bits per heavy atom. The van der Waals surface area contributed by atoms with Gasteiger partial charge in [0.1, 0.15) is 6.10 Å². The van der Waals surface area contributed by atoms with Crippen molar-refractivity contribution in [3.63, 3.8) is 0 Å². The summed E-state index contributed by atoms with van der Waals surface area (Å²) >= 11 is 0. The third-order valence-electron chi connectivity index (χ3n) is 2.35. The quantitative estimate of drug-likeness (QED) is 0.429. The minimum Gasteiger partial charge on any atom is -0.480 e. The molecular weight excluding hydrogens is 248 g/mol. The summed E-state index contributed by atoms with van der Waals surface area (Å²) < 4.78 is 4.56. The van der Waals surface area contributed by atoms with E-state index in [-0.39, 0.29) is 12.8 Å². The minimum atomic E-state index is -3.19. The second-order valence-corrected chi connectivity index (χ2v) is 3.61. The van der Waals surface area contributed by atoms with E-state index in [9.17, 15) is 19.2 Å². The van der Waals surface area contributed by atoms with Crippen LogP contribution in [-0.4, -0.2) is 45.3 Å². The second kappa shape index (κ2) is 5.99. The molecule has 0 saturated heterocycles. The van der Waals surface area contributed by atoms with Gasteiger partial charge in [-0.1, -0.05) is 13.3 Å². The Hall–Kier alpha value is -2.12. The number of hydrogen-bond donors (Lipinski definition) is 3. The van der Waals surface area contributed by atoms with Gasteiger partial charge in [0.2, 0.25) is 0 Å². The average molecular weight is 262 g/mol. The summed E-state index contributed by atoms with van der Waals surface area (Å²) in [6.45, 7) is 2.52. The molecule has 3 N–H and O–H groups in total. The van der Waals surface area contributed by atoms with Crippen LogP contribution >= 0.6 is 0 Å². The van der Waals surface area contributed by atoms with Crippen LogP contribution in [0, 0.1) is 5.41 Å². The first-order valence-electron chi connectivity index (χ1n) is 5.08.